The number of hydrogen-bond acceptors (Lipinski definition) is 3. The van der Waals surface area contributed by atoms with Crippen LogP contribution in [0.2, 0.25) is 0 Å². The van der Waals surface area contributed by atoms with E-state index in [0.717, 1.165) is 13.7 Å². The van der Waals surface area contributed by atoms with Crippen LogP contribution in [0.3, 0.4) is 0 Å². The van der Waals surface area contributed by atoms with E-state index in [1.807, 2.05) is 0 Å². The normalized spacial score (nSPS) is 8.86. The monoisotopic (exact) mass is 200 g/mol. The molecule has 0 aromatic carbocycles. The van der Waals surface area contributed by atoms with Crippen LogP contribution in [-0.4, -0.2) is 17.8 Å². The standard InChI is InChI=1S/C7H13N2.C2H4O3/c1-4-9-6-5-8(3)7(9)2;1-5-2(3)4/h5-6H,4H2,1-3H3;1H3,(H,3,4)/q+1;/p-1. The first kappa shape index (κ1) is 12.5. The number of rotatable bonds is 1. The van der Waals surface area contributed by atoms with Crippen molar-refractivity contribution in [1.29, 1.82) is 0 Å². The van der Waals surface area contributed by atoms with Crippen molar-refractivity contribution in [2.24, 2.45) is 7.05 Å². The summed E-state index contributed by atoms with van der Waals surface area (Å²) in [7, 11) is 3.09. The number of nitrogens with zero attached hydrogens (tertiary/aromatic N) is 2. The number of aryl methyl sites for hydroxylation is 2. The lowest BCUT2D eigenvalue weighted by Crippen LogP contribution is -2.33. The zero-order valence-electron chi connectivity index (χ0n) is 8.98. The van der Waals surface area contributed by atoms with E-state index in [1.165, 1.54) is 5.82 Å². The van der Waals surface area contributed by atoms with Crippen LogP contribution in [0.4, 0.5) is 4.79 Å². The minimum atomic E-state index is -1.50. The lowest BCUT2D eigenvalue weighted by molar-refractivity contribution is -0.699. The fourth-order valence-corrected chi connectivity index (χ4v) is 0.933. The molecule has 0 atom stereocenters. The highest BCUT2D eigenvalue weighted by atomic mass is 16.6. The highest BCUT2D eigenvalue weighted by Crippen LogP contribution is 1.86. The van der Waals surface area contributed by atoms with Gasteiger partial charge in [-0.2, -0.15) is 0 Å². The van der Waals surface area contributed by atoms with E-state index in [-0.39, 0.29) is 0 Å². The molecular weight excluding hydrogens is 184 g/mol. The number of carboxylic acid groups (broad SMARTS) is 1. The van der Waals surface area contributed by atoms with Gasteiger partial charge in [0.25, 0.3) is 12.0 Å². The van der Waals surface area contributed by atoms with Crippen molar-refractivity contribution >= 4 is 6.16 Å². The predicted molar refractivity (Wildman–Crippen MR) is 48.4 cm³/mol. The third kappa shape index (κ3) is 3.93. The maximum Gasteiger partial charge on any atom is 0.252 e. The molecule has 1 aromatic rings. The molecule has 1 aromatic heterocycles. The van der Waals surface area contributed by atoms with Crippen LogP contribution in [0.25, 0.3) is 0 Å². The van der Waals surface area contributed by atoms with Crippen LogP contribution in [0.1, 0.15) is 12.7 Å². The van der Waals surface area contributed by atoms with Crippen LogP contribution in [0, 0.1) is 6.92 Å². The largest absolute Gasteiger partial charge is 0.553 e. The second-order valence-corrected chi connectivity index (χ2v) is 2.70. The Morgan fingerprint density at radius 3 is 2.36 bits per heavy atom. The van der Waals surface area contributed by atoms with Gasteiger partial charge >= 0.3 is 0 Å². The molecule has 0 fully saturated rings. The van der Waals surface area contributed by atoms with Crippen LogP contribution >= 0.6 is 0 Å². The molecule has 1 rings (SSSR count). The zero-order chi connectivity index (χ0) is 11.1. The van der Waals surface area contributed by atoms with Crippen molar-refractivity contribution in [1.82, 2.24) is 4.57 Å². The Morgan fingerprint density at radius 2 is 2.21 bits per heavy atom. The van der Waals surface area contributed by atoms with Crippen LogP contribution < -0.4 is 9.67 Å². The fraction of sp³-hybridized carbons (Fsp3) is 0.556. The molecule has 0 aliphatic heterocycles. The molecule has 0 bridgehead atoms. The first-order valence-electron chi connectivity index (χ1n) is 4.29. The van der Waals surface area contributed by atoms with E-state index in [1.54, 1.807) is 0 Å². The summed E-state index contributed by atoms with van der Waals surface area (Å²) in [5, 5.41) is 9.03. The average Bonchev–Trinajstić information content (AvgIpc) is 2.48. The molecule has 80 valence electrons. The minimum Gasteiger partial charge on any atom is -0.553 e. The van der Waals surface area contributed by atoms with Crippen LogP contribution in [-0.2, 0) is 18.3 Å². The summed E-state index contributed by atoms with van der Waals surface area (Å²) in [5.41, 5.74) is 0. The SMILES string of the molecule is CC[n+]1ccn(C)c1C.COC(=O)[O-]. The Bertz CT molecular complexity index is 294. The van der Waals surface area contributed by atoms with Gasteiger partial charge in [-0.05, 0) is 6.92 Å². The number of hydrogen-bond donors (Lipinski definition) is 0. The van der Waals surface area contributed by atoms with Gasteiger partial charge in [0.1, 0.15) is 12.4 Å². The number of aromatic nitrogens is 2. The molecule has 0 amide bonds. The van der Waals surface area contributed by atoms with E-state index in [2.05, 4.69) is 47.2 Å². The Balaban J connectivity index is 0.000000292. The molecule has 0 aliphatic rings. The highest BCUT2D eigenvalue weighted by Gasteiger charge is 2.03. The molecule has 5 nitrogen and oxygen atoms in total. The lowest BCUT2D eigenvalue weighted by atomic mass is 10.6. The molecule has 14 heavy (non-hydrogen) atoms. The Labute approximate surface area is 83.5 Å². The molecule has 1 heterocycles. The second kappa shape index (κ2) is 6.01. The van der Waals surface area contributed by atoms with Gasteiger partial charge < -0.3 is 14.6 Å². The molecular formula is C9H16N2O3. The molecule has 0 N–H and O–H groups in total. The zero-order valence-corrected chi connectivity index (χ0v) is 8.98. The molecule has 0 aliphatic carbocycles. The van der Waals surface area contributed by atoms with Gasteiger partial charge in [-0.25, -0.2) is 9.13 Å². The van der Waals surface area contributed by atoms with Gasteiger partial charge in [0.05, 0.1) is 13.6 Å². The molecule has 0 saturated heterocycles. The Kier molecular flexibility index (Phi) is 5.36. The van der Waals surface area contributed by atoms with Crippen molar-refractivity contribution in [3.05, 3.63) is 18.2 Å². The quantitative estimate of drug-likeness (QED) is 0.458. The van der Waals surface area contributed by atoms with Gasteiger partial charge in [-0.15, -0.1) is 0 Å². The van der Waals surface area contributed by atoms with Crippen molar-refractivity contribution in [3.8, 4) is 0 Å². The minimum absolute atomic E-state index is 1.04. The van der Waals surface area contributed by atoms with Crippen molar-refractivity contribution in [2.45, 2.75) is 20.4 Å². The van der Waals surface area contributed by atoms with Gasteiger partial charge in [-0.3, -0.25) is 0 Å². The number of carbonyl (C=O) groups excluding carboxylic acids is 1. The summed E-state index contributed by atoms with van der Waals surface area (Å²) in [4.78, 5) is 9.03. The van der Waals surface area contributed by atoms with Gasteiger partial charge in [-0.1, -0.05) is 0 Å². The van der Waals surface area contributed by atoms with E-state index >= 15 is 0 Å². The summed E-state index contributed by atoms with van der Waals surface area (Å²) in [5.74, 6) is 1.30. The number of imidazole rings is 1. The molecule has 0 saturated carbocycles. The molecule has 0 radical (unpaired) electrons. The van der Waals surface area contributed by atoms with Gasteiger partial charge in [0.15, 0.2) is 0 Å². The lowest BCUT2D eigenvalue weighted by Gasteiger charge is -1.92. The molecule has 0 spiro atoms. The molecule has 5 heteroatoms. The summed E-state index contributed by atoms with van der Waals surface area (Å²) in [6.07, 6.45) is 2.67. The molecule has 0 unspecified atom stereocenters. The van der Waals surface area contributed by atoms with Gasteiger partial charge in [0, 0.05) is 14.0 Å². The summed E-state index contributed by atoms with van der Waals surface area (Å²) >= 11 is 0. The van der Waals surface area contributed by atoms with Crippen LogP contribution in [0.5, 0.6) is 0 Å². The third-order valence-electron chi connectivity index (χ3n) is 1.90. The smallest absolute Gasteiger partial charge is 0.252 e. The second-order valence-electron chi connectivity index (χ2n) is 2.70. The van der Waals surface area contributed by atoms with Crippen molar-refractivity contribution in [3.63, 3.8) is 0 Å². The fourth-order valence-electron chi connectivity index (χ4n) is 0.933. The van der Waals surface area contributed by atoms with Crippen molar-refractivity contribution in [2.75, 3.05) is 7.11 Å². The van der Waals surface area contributed by atoms with E-state index in [9.17, 15) is 0 Å². The number of carbonyl (C=O) groups is 1. The van der Waals surface area contributed by atoms with Crippen molar-refractivity contribution < 1.29 is 19.2 Å². The third-order valence-corrected chi connectivity index (χ3v) is 1.90. The first-order valence-corrected chi connectivity index (χ1v) is 4.29. The first-order chi connectivity index (χ1) is 6.52. The summed E-state index contributed by atoms with van der Waals surface area (Å²) in [6.45, 7) is 5.32. The number of ether oxygens (including phenoxy) is 1. The van der Waals surface area contributed by atoms with Gasteiger partial charge in [0.2, 0.25) is 0 Å². The van der Waals surface area contributed by atoms with E-state index in [4.69, 9.17) is 9.90 Å². The Hall–Kier alpha value is -1.52. The average molecular weight is 200 g/mol. The summed E-state index contributed by atoms with van der Waals surface area (Å²) in [6, 6.07) is 0. The van der Waals surface area contributed by atoms with E-state index in [0.29, 0.717) is 0 Å². The van der Waals surface area contributed by atoms with Crippen LogP contribution in [0.15, 0.2) is 12.4 Å². The maximum absolute atomic E-state index is 9.03. The Morgan fingerprint density at radius 1 is 1.71 bits per heavy atom. The predicted octanol–water partition coefficient (Wildman–Crippen LogP) is -0.383. The topological polar surface area (TPSA) is 58.2 Å². The maximum atomic E-state index is 9.03. The number of methoxy groups -OCH3 is 1. The highest BCUT2D eigenvalue weighted by molar-refractivity contribution is 5.53. The van der Waals surface area contributed by atoms with E-state index < -0.39 is 6.16 Å². The summed E-state index contributed by atoms with van der Waals surface area (Å²) < 4.78 is 7.88.